The lowest BCUT2D eigenvalue weighted by atomic mass is 9.63. The van der Waals surface area contributed by atoms with Gasteiger partial charge in [0.15, 0.2) is 23.1 Å². The van der Waals surface area contributed by atoms with E-state index in [0.29, 0.717) is 24.3 Å². The predicted octanol–water partition coefficient (Wildman–Crippen LogP) is 6.01. The second kappa shape index (κ2) is 8.43. The first kappa shape index (κ1) is 24.3. The second-order valence-corrected chi connectivity index (χ2v) is 12.2. The largest absolute Gasteiger partial charge is 0.493 e. The van der Waals surface area contributed by atoms with Crippen LogP contribution in [0.4, 0.5) is 0 Å². The summed E-state index contributed by atoms with van der Waals surface area (Å²) in [5, 5.41) is 0. The van der Waals surface area contributed by atoms with Crippen LogP contribution in [0.5, 0.6) is 11.5 Å². The lowest BCUT2D eigenvalue weighted by Crippen LogP contribution is -2.44. The lowest BCUT2D eigenvalue weighted by Gasteiger charge is -2.49. The zero-order valence-electron chi connectivity index (χ0n) is 20.7. The summed E-state index contributed by atoms with van der Waals surface area (Å²) in [6, 6.07) is 3.99. The summed E-state index contributed by atoms with van der Waals surface area (Å²) >= 11 is 2.24. The molecule has 0 fully saturated rings. The average molecular weight is 563 g/mol. The number of rotatable bonds is 4. The molecule has 33 heavy (non-hydrogen) atoms. The summed E-state index contributed by atoms with van der Waals surface area (Å²) in [5.41, 5.74) is 4.50. The molecule has 0 saturated heterocycles. The molecule has 5 nitrogen and oxygen atoms in total. The van der Waals surface area contributed by atoms with E-state index in [1.54, 1.807) is 14.2 Å². The molecule has 2 aliphatic carbocycles. The zero-order valence-corrected chi connectivity index (χ0v) is 22.9. The number of hydrogen-bond donors (Lipinski definition) is 0. The Labute approximate surface area is 210 Å². The maximum Gasteiger partial charge on any atom is 0.174 e. The van der Waals surface area contributed by atoms with Gasteiger partial charge in [-0.05, 0) is 70.9 Å². The molecular formula is C27H34INO4. The van der Waals surface area contributed by atoms with E-state index in [1.165, 1.54) is 0 Å². The Morgan fingerprint density at radius 3 is 1.85 bits per heavy atom. The Balaban J connectivity index is 2.02. The van der Waals surface area contributed by atoms with E-state index in [9.17, 15) is 9.59 Å². The minimum Gasteiger partial charge on any atom is -0.493 e. The highest BCUT2D eigenvalue weighted by Gasteiger charge is 2.48. The highest BCUT2D eigenvalue weighted by molar-refractivity contribution is 14.1. The van der Waals surface area contributed by atoms with Gasteiger partial charge < -0.3 is 14.4 Å². The number of allylic oxidation sites excluding steroid dienone is 4. The number of Topliss-reactive ketones (excluding diaryl/α,β-unsaturated/α-hetero) is 2. The molecule has 3 aliphatic rings. The molecule has 0 unspecified atom stereocenters. The fourth-order valence-corrected chi connectivity index (χ4v) is 6.71. The maximum atomic E-state index is 13.7. The Bertz CT molecular complexity index is 1040. The highest BCUT2D eigenvalue weighted by Crippen LogP contribution is 2.55. The van der Waals surface area contributed by atoms with E-state index in [0.717, 1.165) is 51.1 Å². The summed E-state index contributed by atoms with van der Waals surface area (Å²) in [6.45, 7) is 11.5. The fourth-order valence-electron chi connectivity index (χ4n) is 5.87. The number of nitrogens with zero attached hydrogens (tertiary/aromatic N) is 1. The minimum absolute atomic E-state index is 0.105. The van der Waals surface area contributed by atoms with Crippen molar-refractivity contribution in [2.75, 3.05) is 20.8 Å². The Kier molecular flexibility index (Phi) is 6.21. The first-order valence-corrected chi connectivity index (χ1v) is 12.7. The van der Waals surface area contributed by atoms with Crippen molar-refractivity contribution in [2.24, 2.45) is 10.8 Å². The van der Waals surface area contributed by atoms with Gasteiger partial charge in [0.05, 0.1) is 17.8 Å². The van der Waals surface area contributed by atoms with E-state index in [2.05, 4.69) is 62.1 Å². The van der Waals surface area contributed by atoms with Crippen LogP contribution in [0.1, 0.15) is 71.8 Å². The Hall–Kier alpha value is -1.83. The third kappa shape index (κ3) is 4.13. The van der Waals surface area contributed by atoms with Gasteiger partial charge in [0.25, 0.3) is 0 Å². The molecule has 0 N–H and O–H groups in total. The smallest absolute Gasteiger partial charge is 0.174 e. The third-order valence-electron chi connectivity index (χ3n) is 7.13. The first-order chi connectivity index (χ1) is 15.4. The minimum atomic E-state index is -0.363. The standard InChI is InChI=1S/C27H34INO4/c1-8-29-17-11-26(2,3)13-19(30)23(17)22(24-18(29)12-27(4,5)14-20(24)31)15-9-16(28)25(33-7)21(10-15)32-6/h9-10,22H,8,11-14H2,1-7H3. The van der Waals surface area contributed by atoms with Gasteiger partial charge in [-0.25, -0.2) is 0 Å². The fraction of sp³-hybridized carbons (Fsp3) is 0.556. The molecule has 0 bridgehead atoms. The van der Waals surface area contributed by atoms with Crippen LogP contribution in [0.2, 0.25) is 0 Å². The van der Waals surface area contributed by atoms with E-state index < -0.39 is 0 Å². The number of hydrogen-bond acceptors (Lipinski definition) is 5. The molecule has 0 saturated carbocycles. The molecule has 0 amide bonds. The van der Waals surface area contributed by atoms with Crippen LogP contribution in [0.15, 0.2) is 34.7 Å². The van der Waals surface area contributed by atoms with Gasteiger partial charge in [0, 0.05) is 47.8 Å². The summed E-state index contributed by atoms with van der Waals surface area (Å²) in [4.78, 5) is 29.7. The molecule has 1 aliphatic heterocycles. The number of carbonyl (C=O) groups is 2. The van der Waals surface area contributed by atoms with E-state index in [-0.39, 0.29) is 28.3 Å². The number of carbonyl (C=O) groups excluding carboxylic acids is 2. The molecule has 0 aromatic heterocycles. The summed E-state index contributed by atoms with van der Waals surface area (Å²) < 4.78 is 12.1. The van der Waals surface area contributed by atoms with Crippen molar-refractivity contribution in [2.45, 2.75) is 66.2 Å². The molecular weight excluding hydrogens is 529 g/mol. The van der Waals surface area contributed by atoms with Crippen molar-refractivity contribution in [1.29, 1.82) is 0 Å². The van der Waals surface area contributed by atoms with Crippen LogP contribution in [0, 0.1) is 14.4 Å². The van der Waals surface area contributed by atoms with Crippen LogP contribution in [0.25, 0.3) is 0 Å². The molecule has 1 aromatic rings. The topological polar surface area (TPSA) is 55.8 Å². The van der Waals surface area contributed by atoms with Gasteiger partial charge in [-0.15, -0.1) is 0 Å². The molecule has 0 spiro atoms. The average Bonchev–Trinajstić information content (AvgIpc) is 2.69. The zero-order chi connectivity index (χ0) is 24.3. The first-order valence-electron chi connectivity index (χ1n) is 11.6. The van der Waals surface area contributed by atoms with E-state index in [1.807, 2.05) is 12.1 Å². The molecule has 1 aromatic carbocycles. The van der Waals surface area contributed by atoms with E-state index in [4.69, 9.17) is 9.47 Å². The summed E-state index contributed by atoms with van der Waals surface area (Å²) in [6.07, 6.45) is 2.64. The number of ether oxygens (including phenoxy) is 2. The molecule has 178 valence electrons. The number of ketones is 2. The Morgan fingerprint density at radius 2 is 1.42 bits per heavy atom. The highest BCUT2D eigenvalue weighted by atomic mass is 127. The summed E-state index contributed by atoms with van der Waals surface area (Å²) in [5.74, 6) is 1.23. The lowest BCUT2D eigenvalue weighted by molar-refractivity contribution is -0.119. The van der Waals surface area contributed by atoms with Crippen LogP contribution in [-0.4, -0.2) is 37.2 Å². The number of methoxy groups -OCH3 is 2. The SMILES string of the molecule is CCN1C2=C(C(=O)CC(C)(C)C2)C(c2cc(I)c(OC)c(OC)c2)C2=C1CC(C)(C)CC2=O. The van der Waals surface area contributed by atoms with Crippen LogP contribution >= 0.6 is 22.6 Å². The number of benzene rings is 1. The van der Waals surface area contributed by atoms with Crippen LogP contribution in [-0.2, 0) is 9.59 Å². The molecule has 6 heteroatoms. The third-order valence-corrected chi connectivity index (χ3v) is 7.93. The Morgan fingerprint density at radius 1 is 0.909 bits per heavy atom. The molecule has 4 rings (SSSR count). The second-order valence-electron chi connectivity index (χ2n) is 11.0. The molecule has 1 heterocycles. The van der Waals surface area contributed by atoms with Gasteiger partial charge in [0.2, 0.25) is 0 Å². The van der Waals surface area contributed by atoms with Crippen molar-refractivity contribution in [1.82, 2.24) is 4.90 Å². The molecule has 0 atom stereocenters. The summed E-state index contributed by atoms with van der Waals surface area (Å²) in [7, 11) is 3.25. The van der Waals surface area contributed by atoms with Gasteiger partial charge in [-0.1, -0.05) is 27.7 Å². The van der Waals surface area contributed by atoms with Gasteiger partial charge in [-0.2, -0.15) is 0 Å². The monoisotopic (exact) mass is 563 g/mol. The van der Waals surface area contributed by atoms with Crippen LogP contribution < -0.4 is 9.47 Å². The van der Waals surface area contributed by atoms with Gasteiger partial charge in [-0.3, -0.25) is 9.59 Å². The maximum absolute atomic E-state index is 13.7. The van der Waals surface area contributed by atoms with Crippen LogP contribution in [0.3, 0.4) is 0 Å². The van der Waals surface area contributed by atoms with E-state index >= 15 is 0 Å². The van der Waals surface area contributed by atoms with Crippen molar-refractivity contribution >= 4 is 34.2 Å². The van der Waals surface area contributed by atoms with Gasteiger partial charge >= 0.3 is 0 Å². The normalized spacial score (nSPS) is 22.4. The van der Waals surface area contributed by atoms with Crippen molar-refractivity contribution in [3.05, 3.63) is 43.8 Å². The molecule has 0 radical (unpaired) electrons. The quantitative estimate of drug-likeness (QED) is 0.420. The van der Waals surface area contributed by atoms with Gasteiger partial charge in [0.1, 0.15) is 0 Å². The number of halogens is 1. The van der Waals surface area contributed by atoms with Crippen molar-refractivity contribution in [3.8, 4) is 11.5 Å². The van der Waals surface area contributed by atoms with Crippen molar-refractivity contribution < 1.29 is 19.1 Å². The van der Waals surface area contributed by atoms with Crippen molar-refractivity contribution in [3.63, 3.8) is 0 Å². The predicted molar refractivity (Wildman–Crippen MR) is 137 cm³/mol.